The summed E-state index contributed by atoms with van der Waals surface area (Å²) >= 11 is 0. The topological polar surface area (TPSA) is 29.1 Å². The van der Waals surface area contributed by atoms with Gasteiger partial charge in [-0.05, 0) is 44.6 Å². The van der Waals surface area contributed by atoms with Gasteiger partial charge in [0.15, 0.2) is 0 Å². The molecular weight excluding hydrogens is 230 g/mol. The zero-order valence-corrected chi connectivity index (χ0v) is 11.9. The average molecular weight is 257 g/mol. The van der Waals surface area contributed by atoms with Crippen molar-refractivity contribution in [2.45, 2.75) is 57.4 Å². The van der Waals surface area contributed by atoms with Crippen molar-refractivity contribution in [3.63, 3.8) is 0 Å². The molecule has 2 nitrogen and oxygen atoms in total. The van der Waals surface area contributed by atoms with Gasteiger partial charge < -0.3 is 5.32 Å². The van der Waals surface area contributed by atoms with Crippen molar-refractivity contribution in [2.24, 2.45) is 11.8 Å². The highest BCUT2D eigenvalue weighted by Gasteiger charge is 2.26. The molecular formula is C14H27NOS. The number of nitrogens with one attached hydrogen (secondary N) is 1. The van der Waals surface area contributed by atoms with Crippen molar-refractivity contribution < 1.29 is 4.21 Å². The summed E-state index contributed by atoms with van der Waals surface area (Å²) in [6.07, 6.45) is 10.8. The van der Waals surface area contributed by atoms with Crippen LogP contribution in [0.15, 0.2) is 0 Å². The summed E-state index contributed by atoms with van der Waals surface area (Å²) in [5, 5.41) is 3.41. The van der Waals surface area contributed by atoms with Crippen LogP contribution in [0.3, 0.4) is 0 Å². The second kappa shape index (κ2) is 6.89. The number of hydrogen-bond acceptors (Lipinski definition) is 2. The van der Waals surface area contributed by atoms with Crippen molar-refractivity contribution in [2.75, 3.05) is 18.6 Å². The van der Waals surface area contributed by atoms with E-state index in [9.17, 15) is 4.21 Å². The first-order chi connectivity index (χ1) is 8.29. The van der Waals surface area contributed by atoms with Crippen molar-refractivity contribution in [3.8, 4) is 0 Å². The fraction of sp³-hybridized carbons (Fsp3) is 1.00. The lowest BCUT2D eigenvalue weighted by Gasteiger charge is -2.23. The molecule has 100 valence electrons. The van der Waals surface area contributed by atoms with Crippen molar-refractivity contribution in [3.05, 3.63) is 0 Å². The van der Waals surface area contributed by atoms with Gasteiger partial charge in [-0.2, -0.15) is 0 Å². The summed E-state index contributed by atoms with van der Waals surface area (Å²) < 4.78 is 12.2. The molecule has 2 fully saturated rings. The number of rotatable bonds is 6. The first-order valence-corrected chi connectivity index (χ1v) is 8.80. The van der Waals surface area contributed by atoms with E-state index < -0.39 is 10.8 Å². The molecule has 2 aliphatic carbocycles. The Labute approximate surface area is 108 Å². The third kappa shape index (κ3) is 4.06. The summed E-state index contributed by atoms with van der Waals surface area (Å²) in [5.74, 6) is 3.40. The van der Waals surface area contributed by atoms with Crippen molar-refractivity contribution in [1.82, 2.24) is 5.32 Å². The summed E-state index contributed by atoms with van der Waals surface area (Å²) in [4.78, 5) is 0. The van der Waals surface area contributed by atoms with E-state index in [0.29, 0.717) is 6.04 Å². The summed E-state index contributed by atoms with van der Waals surface area (Å²) in [7, 11) is 1.44. The van der Waals surface area contributed by atoms with E-state index in [1.54, 1.807) is 0 Å². The largest absolute Gasteiger partial charge is 0.316 e. The van der Waals surface area contributed by atoms with E-state index in [4.69, 9.17) is 0 Å². The lowest BCUT2D eigenvalue weighted by molar-refractivity contribution is 0.407. The molecule has 0 aromatic heterocycles. The maximum atomic E-state index is 12.2. The molecule has 2 aliphatic rings. The Kier molecular flexibility index (Phi) is 5.49. The SMILES string of the molecule is CNC(CS(=O)CC1CCCC1)C1CCCC1. The molecule has 0 aromatic rings. The Balaban J connectivity index is 1.74. The molecule has 2 unspecified atom stereocenters. The third-order valence-corrected chi connectivity index (χ3v) is 6.18. The predicted molar refractivity (Wildman–Crippen MR) is 74.6 cm³/mol. The van der Waals surface area contributed by atoms with Crippen LogP contribution < -0.4 is 5.32 Å². The molecule has 2 atom stereocenters. The third-order valence-electron chi connectivity index (χ3n) is 4.60. The second-order valence-electron chi connectivity index (χ2n) is 5.86. The molecule has 0 bridgehead atoms. The molecule has 0 aliphatic heterocycles. The molecule has 17 heavy (non-hydrogen) atoms. The molecule has 0 radical (unpaired) electrons. The number of hydrogen-bond donors (Lipinski definition) is 1. The van der Waals surface area contributed by atoms with Crippen LogP contribution in [0.1, 0.15) is 51.4 Å². The van der Waals surface area contributed by atoms with Crippen LogP contribution in [0.4, 0.5) is 0 Å². The quantitative estimate of drug-likeness (QED) is 0.792. The zero-order chi connectivity index (χ0) is 12.1. The van der Waals surface area contributed by atoms with Gasteiger partial charge in [0.05, 0.1) is 0 Å². The molecule has 0 spiro atoms. The Bertz CT molecular complexity index is 245. The molecule has 0 saturated heterocycles. The van der Waals surface area contributed by atoms with Crippen LogP contribution in [0.2, 0.25) is 0 Å². The van der Waals surface area contributed by atoms with Crippen LogP contribution in [0, 0.1) is 11.8 Å². The minimum atomic E-state index is -0.598. The molecule has 0 aromatic carbocycles. The van der Waals surface area contributed by atoms with E-state index in [-0.39, 0.29) is 0 Å². The summed E-state index contributed by atoms with van der Waals surface area (Å²) in [5.41, 5.74) is 0. The van der Waals surface area contributed by atoms with E-state index in [1.807, 2.05) is 7.05 Å². The van der Waals surface area contributed by atoms with Crippen LogP contribution in [-0.4, -0.2) is 28.8 Å². The Hall–Kier alpha value is 0.110. The Morgan fingerprint density at radius 3 is 2.29 bits per heavy atom. The molecule has 2 saturated carbocycles. The monoisotopic (exact) mass is 257 g/mol. The van der Waals surface area contributed by atoms with Gasteiger partial charge in [-0.3, -0.25) is 4.21 Å². The van der Waals surface area contributed by atoms with E-state index >= 15 is 0 Å². The highest BCUT2D eigenvalue weighted by atomic mass is 32.2. The first kappa shape index (κ1) is 13.5. The Morgan fingerprint density at radius 2 is 1.71 bits per heavy atom. The van der Waals surface area contributed by atoms with Gasteiger partial charge in [0.1, 0.15) is 0 Å². The highest BCUT2D eigenvalue weighted by molar-refractivity contribution is 7.85. The van der Waals surface area contributed by atoms with Crippen LogP contribution >= 0.6 is 0 Å². The van der Waals surface area contributed by atoms with Gasteiger partial charge in [0.2, 0.25) is 0 Å². The smallest absolute Gasteiger partial charge is 0.0391 e. The molecule has 3 heteroatoms. The van der Waals surface area contributed by atoms with E-state index in [0.717, 1.165) is 23.3 Å². The molecule has 0 amide bonds. The minimum Gasteiger partial charge on any atom is -0.316 e. The highest BCUT2D eigenvalue weighted by Crippen LogP contribution is 2.29. The van der Waals surface area contributed by atoms with Crippen molar-refractivity contribution in [1.29, 1.82) is 0 Å². The molecule has 1 N–H and O–H groups in total. The van der Waals surface area contributed by atoms with E-state index in [1.165, 1.54) is 51.4 Å². The lowest BCUT2D eigenvalue weighted by atomic mass is 10.0. The summed E-state index contributed by atoms with van der Waals surface area (Å²) in [6, 6.07) is 0.500. The fourth-order valence-corrected chi connectivity index (χ4v) is 5.36. The van der Waals surface area contributed by atoms with Gasteiger partial charge >= 0.3 is 0 Å². The lowest BCUT2D eigenvalue weighted by Crippen LogP contribution is -2.38. The minimum absolute atomic E-state index is 0.500. The normalized spacial score (nSPS) is 26.4. The van der Waals surface area contributed by atoms with Crippen LogP contribution in [0.25, 0.3) is 0 Å². The summed E-state index contributed by atoms with van der Waals surface area (Å²) in [6.45, 7) is 0. The zero-order valence-electron chi connectivity index (χ0n) is 11.1. The van der Waals surface area contributed by atoms with Crippen molar-refractivity contribution >= 4 is 10.8 Å². The maximum absolute atomic E-state index is 12.2. The Morgan fingerprint density at radius 1 is 1.12 bits per heavy atom. The second-order valence-corrected chi connectivity index (χ2v) is 7.41. The fourth-order valence-electron chi connectivity index (χ4n) is 3.52. The van der Waals surface area contributed by atoms with Crippen LogP contribution in [0.5, 0.6) is 0 Å². The van der Waals surface area contributed by atoms with Gasteiger partial charge in [0.25, 0.3) is 0 Å². The van der Waals surface area contributed by atoms with E-state index in [2.05, 4.69) is 5.32 Å². The maximum Gasteiger partial charge on any atom is 0.0391 e. The van der Waals surface area contributed by atoms with Crippen LogP contribution in [-0.2, 0) is 10.8 Å². The van der Waals surface area contributed by atoms with Gasteiger partial charge in [-0.15, -0.1) is 0 Å². The molecule has 2 rings (SSSR count). The molecule has 0 heterocycles. The average Bonchev–Trinajstić information content (AvgIpc) is 2.97. The van der Waals surface area contributed by atoms with Gasteiger partial charge in [-0.25, -0.2) is 0 Å². The predicted octanol–water partition coefficient (Wildman–Crippen LogP) is 2.70. The standard InChI is InChI=1S/C14H27NOS/c1-15-14(13-8-4-5-9-13)11-17(16)10-12-6-2-3-7-12/h12-15H,2-11H2,1H3. The first-order valence-electron chi connectivity index (χ1n) is 7.32. The van der Waals surface area contributed by atoms with Gasteiger partial charge in [-0.1, -0.05) is 25.7 Å². The van der Waals surface area contributed by atoms with Gasteiger partial charge in [0, 0.05) is 28.3 Å².